The van der Waals surface area contributed by atoms with E-state index in [9.17, 15) is 0 Å². The zero-order valence-electron chi connectivity index (χ0n) is 9.39. The molecule has 0 spiro atoms. The molecule has 2 aromatic rings. The van der Waals surface area contributed by atoms with Crippen molar-refractivity contribution < 1.29 is 4.74 Å². The minimum Gasteiger partial charge on any atom is -0.496 e. The van der Waals surface area contributed by atoms with Crippen LogP contribution in [0.2, 0.25) is 0 Å². The van der Waals surface area contributed by atoms with Crippen LogP contribution >= 0.6 is 27.3 Å². The molecule has 1 atom stereocenters. The molecule has 0 aliphatic rings. The third-order valence-corrected chi connectivity index (χ3v) is 3.61. The van der Waals surface area contributed by atoms with Gasteiger partial charge in [0.25, 0.3) is 0 Å². The highest BCUT2D eigenvalue weighted by molar-refractivity contribution is 9.10. The summed E-state index contributed by atoms with van der Waals surface area (Å²) in [5, 5.41) is 1.98. The van der Waals surface area contributed by atoms with E-state index in [2.05, 4.69) is 20.9 Å². The summed E-state index contributed by atoms with van der Waals surface area (Å²) >= 11 is 5.01. The maximum atomic E-state index is 6.12. The smallest absolute Gasteiger partial charge is 0.122 e. The lowest BCUT2D eigenvalue weighted by atomic mass is 10.0. The molecule has 0 saturated carbocycles. The summed E-state index contributed by atoms with van der Waals surface area (Å²) in [4.78, 5) is 4.23. The Bertz CT molecular complexity index is 487. The van der Waals surface area contributed by atoms with Crippen LogP contribution in [0.25, 0.3) is 0 Å². The third-order valence-electron chi connectivity index (χ3n) is 2.51. The highest BCUT2D eigenvalue weighted by atomic mass is 79.9. The van der Waals surface area contributed by atoms with E-state index in [1.807, 2.05) is 23.6 Å². The summed E-state index contributed by atoms with van der Waals surface area (Å²) in [5.41, 5.74) is 9.93. The second-order valence-corrected chi connectivity index (χ2v) is 5.31. The number of aromatic nitrogens is 1. The van der Waals surface area contributed by atoms with Crippen LogP contribution in [0.4, 0.5) is 0 Å². The fourth-order valence-corrected chi connectivity index (χ4v) is 2.68. The second kappa shape index (κ2) is 5.62. The Morgan fingerprint density at radius 2 is 2.35 bits per heavy atom. The predicted octanol–water partition coefficient (Wildman–Crippen LogP) is 3.16. The van der Waals surface area contributed by atoms with Crippen LogP contribution in [0.15, 0.2) is 33.6 Å². The molecule has 1 unspecified atom stereocenters. The number of thiazole rings is 1. The summed E-state index contributed by atoms with van der Waals surface area (Å²) in [6.45, 7) is 0. The fraction of sp³-hybridized carbons (Fsp3) is 0.250. The van der Waals surface area contributed by atoms with Crippen molar-refractivity contribution in [2.75, 3.05) is 7.11 Å². The van der Waals surface area contributed by atoms with Crippen LogP contribution < -0.4 is 10.5 Å². The molecule has 0 saturated heterocycles. The van der Waals surface area contributed by atoms with Gasteiger partial charge in [-0.15, -0.1) is 11.3 Å². The highest BCUT2D eigenvalue weighted by Gasteiger charge is 2.12. The van der Waals surface area contributed by atoms with Gasteiger partial charge in [-0.2, -0.15) is 0 Å². The van der Waals surface area contributed by atoms with Crippen molar-refractivity contribution in [3.8, 4) is 5.75 Å². The van der Waals surface area contributed by atoms with Crippen LogP contribution in [-0.2, 0) is 6.42 Å². The molecule has 0 radical (unpaired) electrons. The number of ether oxygens (including phenoxy) is 1. The van der Waals surface area contributed by atoms with Crippen molar-refractivity contribution in [3.05, 3.63) is 44.8 Å². The van der Waals surface area contributed by atoms with Gasteiger partial charge >= 0.3 is 0 Å². The minimum absolute atomic E-state index is 0.0931. The Balaban J connectivity index is 2.20. The molecule has 90 valence electrons. The summed E-state index contributed by atoms with van der Waals surface area (Å²) in [7, 11) is 1.67. The Morgan fingerprint density at radius 1 is 1.53 bits per heavy atom. The molecular weight excluding hydrogens is 300 g/mol. The first-order valence-electron chi connectivity index (χ1n) is 5.17. The second-order valence-electron chi connectivity index (χ2n) is 3.68. The van der Waals surface area contributed by atoms with Gasteiger partial charge in [0.2, 0.25) is 0 Å². The van der Waals surface area contributed by atoms with Crippen molar-refractivity contribution >= 4 is 27.3 Å². The van der Waals surface area contributed by atoms with E-state index in [0.29, 0.717) is 6.42 Å². The van der Waals surface area contributed by atoms with Crippen LogP contribution in [-0.4, -0.2) is 12.1 Å². The zero-order chi connectivity index (χ0) is 12.3. The monoisotopic (exact) mass is 312 g/mol. The van der Waals surface area contributed by atoms with Gasteiger partial charge < -0.3 is 10.5 Å². The van der Waals surface area contributed by atoms with E-state index < -0.39 is 0 Å². The van der Waals surface area contributed by atoms with Gasteiger partial charge in [-0.1, -0.05) is 15.9 Å². The topological polar surface area (TPSA) is 48.1 Å². The van der Waals surface area contributed by atoms with Gasteiger partial charge in [0.15, 0.2) is 0 Å². The van der Waals surface area contributed by atoms with E-state index in [1.54, 1.807) is 24.0 Å². The van der Waals surface area contributed by atoms with Gasteiger partial charge in [0.05, 0.1) is 24.4 Å². The lowest BCUT2D eigenvalue weighted by Crippen LogP contribution is -2.14. The standard InChI is InChI=1S/C12H13BrN2OS/c1-16-12-3-2-9(13)4-8(12)5-10(14)11-6-17-7-15-11/h2-4,6-7,10H,5,14H2,1H3. The van der Waals surface area contributed by atoms with Crippen molar-refractivity contribution in [2.24, 2.45) is 5.73 Å². The summed E-state index contributed by atoms with van der Waals surface area (Å²) < 4.78 is 6.35. The third kappa shape index (κ3) is 3.06. The van der Waals surface area contributed by atoms with Gasteiger partial charge in [0, 0.05) is 9.85 Å². The molecular formula is C12H13BrN2OS. The Morgan fingerprint density at radius 3 is 3.00 bits per heavy atom. The number of nitrogens with zero attached hydrogens (tertiary/aromatic N) is 1. The number of methoxy groups -OCH3 is 1. The normalized spacial score (nSPS) is 12.4. The first kappa shape index (κ1) is 12.5. The van der Waals surface area contributed by atoms with Crippen LogP contribution in [0.5, 0.6) is 5.75 Å². The fourth-order valence-electron chi connectivity index (χ4n) is 1.65. The molecule has 3 nitrogen and oxygen atoms in total. The number of hydrogen-bond donors (Lipinski definition) is 1. The molecule has 1 heterocycles. The molecule has 0 bridgehead atoms. The van der Waals surface area contributed by atoms with Gasteiger partial charge in [-0.3, -0.25) is 0 Å². The molecule has 0 aliphatic heterocycles. The zero-order valence-corrected chi connectivity index (χ0v) is 11.8. The molecule has 17 heavy (non-hydrogen) atoms. The number of hydrogen-bond acceptors (Lipinski definition) is 4. The number of benzene rings is 1. The number of nitrogens with two attached hydrogens (primary N) is 1. The number of halogens is 1. The maximum Gasteiger partial charge on any atom is 0.122 e. The quantitative estimate of drug-likeness (QED) is 0.943. The average molecular weight is 313 g/mol. The maximum absolute atomic E-state index is 6.12. The van der Waals surface area contributed by atoms with Gasteiger partial charge in [-0.05, 0) is 30.2 Å². The van der Waals surface area contributed by atoms with E-state index in [0.717, 1.165) is 21.5 Å². The molecule has 0 amide bonds. The van der Waals surface area contributed by atoms with Crippen LogP contribution in [0.1, 0.15) is 17.3 Å². The first-order valence-corrected chi connectivity index (χ1v) is 6.90. The van der Waals surface area contributed by atoms with Crippen molar-refractivity contribution in [3.63, 3.8) is 0 Å². The number of rotatable bonds is 4. The van der Waals surface area contributed by atoms with Crippen molar-refractivity contribution in [1.82, 2.24) is 4.98 Å². The van der Waals surface area contributed by atoms with E-state index in [-0.39, 0.29) is 6.04 Å². The van der Waals surface area contributed by atoms with Crippen molar-refractivity contribution in [2.45, 2.75) is 12.5 Å². The molecule has 1 aromatic heterocycles. The van der Waals surface area contributed by atoms with E-state index >= 15 is 0 Å². The Labute approximate surface area is 113 Å². The molecule has 1 aromatic carbocycles. The summed E-state index contributed by atoms with van der Waals surface area (Å²) in [5.74, 6) is 0.860. The predicted molar refractivity (Wildman–Crippen MR) is 73.4 cm³/mol. The molecule has 5 heteroatoms. The Kier molecular flexibility index (Phi) is 4.15. The SMILES string of the molecule is COc1ccc(Br)cc1CC(N)c1cscn1. The minimum atomic E-state index is -0.0931. The molecule has 2 N–H and O–H groups in total. The lowest BCUT2D eigenvalue weighted by molar-refractivity contribution is 0.408. The highest BCUT2D eigenvalue weighted by Crippen LogP contribution is 2.26. The molecule has 2 rings (SSSR count). The Hall–Kier alpha value is -0.910. The van der Waals surface area contributed by atoms with Crippen LogP contribution in [0, 0.1) is 0 Å². The first-order chi connectivity index (χ1) is 8.20. The largest absolute Gasteiger partial charge is 0.496 e. The van der Waals surface area contributed by atoms with E-state index in [1.165, 1.54) is 0 Å². The summed E-state index contributed by atoms with van der Waals surface area (Å²) in [6, 6.07) is 5.83. The van der Waals surface area contributed by atoms with Crippen LogP contribution in [0.3, 0.4) is 0 Å². The van der Waals surface area contributed by atoms with Crippen molar-refractivity contribution in [1.29, 1.82) is 0 Å². The van der Waals surface area contributed by atoms with Gasteiger partial charge in [-0.25, -0.2) is 4.98 Å². The molecule has 0 fully saturated rings. The van der Waals surface area contributed by atoms with Gasteiger partial charge in [0.1, 0.15) is 5.75 Å². The lowest BCUT2D eigenvalue weighted by Gasteiger charge is -2.13. The van der Waals surface area contributed by atoms with E-state index in [4.69, 9.17) is 10.5 Å². The molecule has 0 aliphatic carbocycles. The average Bonchev–Trinajstić information content (AvgIpc) is 2.83. The summed E-state index contributed by atoms with van der Waals surface area (Å²) in [6.07, 6.45) is 0.715.